The lowest BCUT2D eigenvalue weighted by Gasteiger charge is -1.96. The van der Waals surface area contributed by atoms with Crippen LogP contribution in [0.1, 0.15) is 16.2 Å². The lowest BCUT2D eigenvalue weighted by atomic mass is 10.2. The topological polar surface area (TPSA) is 89.1 Å². The maximum Gasteiger partial charge on any atom is 0.377 e. The van der Waals surface area contributed by atoms with Crippen molar-refractivity contribution in [3.63, 3.8) is 0 Å². The summed E-state index contributed by atoms with van der Waals surface area (Å²) in [7, 11) is 0. The van der Waals surface area contributed by atoms with Crippen molar-refractivity contribution in [2.75, 3.05) is 0 Å². The molecule has 1 N–H and O–H groups in total. The van der Waals surface area contributed by atoms with Crippen molar-refractivity contribution in [3.05, 3.63) is 29.8 Å². The number of aromatic carboxylic acids is 1. The molecule has 2 heterocycles. The molecule has 0 aliphatic carbocycles. The third-order valence-electron chi connectivity index (χ3n) is 1.89. The van der Waals surface area contributed by atoms with E-state index in [0.29, 0.717) is 5.56 Å². The Morgan fingerprint density at radius 3 is 2.93 bits per heavy atom. The van der Waals surface area contributed by atoms with Crippen molar-refractivity contribution >= 4 is 5.97 Å². The molecule has 0 saturated heterocycles. The molecule has 0 spiro atoms. The maximum absolute atomic E-state index is 10.5. The number of carboxylic acids is 1. The van der Waals surface area contributed by atoms with Crippen molar-refractivity contribution in [3.8, 4) is 11.5 Å². The molecule has 0 amide bonds. The van der Waals surface area contributed by atoms with Gasteiger partial charge in [0.05, 0.1) is 5.56 Å². The minimum Gasteiger partial charge on any atom is -0.475 e. The predicted octanol–water partition coefficient (Wildman–Crippen LogP) is 1.14. The average Bonchev–Trinajstić information content (AvgIpc) is 2.67. The molecule has 15 heavy (non-hydrogen) atoms. The monoisotopic (exact) mass is 205 g/mol. The highest BCUT2D eigenvalue weighted by atomic mass is 16.5. The Balaban J connectivity index is 2.46. The van der Waals surface area contributed by atoms with Crippen LogP contribution >= 0.6 is 0 Å². The zero-order valence-corrected chi connectivity index (χ0v) is 7.84. The molecule has 0 radical (unpaired) electrons. The molecule has 0 atom stereocenters. The van der Waals surface area contributed by atoms with Crippen LogP contribution in [0.4, 0.5) is 0 Å². The van der Waals surface area contributed by atoms with Crippen molar-refractivity contribution < 1.29 is 14.4 Å². The van der Waals surface area contributed by atoms with Gasteiger partial charge in [-0.05, 0) is 23.7 Å². The summed E-state index contributed by atoms with van der Waals surface area (Å²) < 4.78 is 4.81. The van der Waals surface area contributed by atoms with Crippen LogP contribution in [-0.4, -0.2) is 26.2 Å². The fourth-order valence-corrected chi connectivity index (χ4v) is 1.11. The van der Waals surface area contributed by atoms with Crippen LogP contribution in [0.2, 0.25) is 0 Å². The van der Waals surface area contributed by atoms with Gasteiger partial charge < -0.3 is 9.63 Å². The number of hydrogen-bond donors (Lipinski definition) is 1. The summed E-state index contributed by atoms with van der Waals surface area (Å²) in [5, 5.41) is 11.9. The molecule has 2 aromatic heterocycles. The summed E-state index contributed by atoms with van der Waals surface area (Å²) in [4.78, 5) is 18.2. The Labute approximate surface area is 84.6 Å². The van der Waals surface area contributed by atoms with Gasteiger partial charge >= 0.3 is 5.97 Å². The minimum atomic E-state index is -1.22. The molecule has 2 aromatic rings. The van der Waals surface area contributed by atoms with Crippen molar-refractivity contribution in [1.29, 1.82) is 0 Å². The smallest absolute Gasteiger partial charge is 0.377 e. The molecule has 0 bridgehead atoms. The predicted molar refractivity (Wildman–Crippen MR) is 49.2 cm³/mol. The molecule has 0 aromatic carbocycles. The zero-order valence-electron chi connectivity index (χ0n) is 7.84. The molecule has 2 rings (SSSR count). The summed E-state index contributed by atoms with van der Waals surface area (Å²) >= 11 is 0. The van der Waals surface area contributed by atoms with E-state index in [1.165, 1.54) is 0 Å². The molecule has 6 nitrogen and oxygen atoms in total. The van der Waals surface area contributed by atoms with Gasteiger partial charge in [-0.25, -0.2) is 4.79 Å². The van der Waals surface area contributed by atoms with Crippen LogP contribution in [0.15, 0.2) is 23.0 Å². The number of carboxylic acid groups (broad SMARTS) is 1. The van der Waals surface area contributed by atoms with E-state index >= 15 is 0 Å². The molecule has 6 heteroatoms. The van der Waals surface area contributed by atoms with Crippen LogP contribution in [0.5, 0.6) is 0 Å². The van der Waals surface area contributed by atoms with Gasteiger partial charge in [-0.15, -0.1) is 0 Å². The first kappa shape index (κ1) is 9.32. The molecule has 0 saturated carbocycles. The summed E-state index contributed by atoms with van der Waals surface area (Å²) in [6, 6.07) is 1.78. The molecule has 0 unspecified atom stereocenters. The first-order valence-corrected chi connectivity index (χ1v) is 4.16. The number of pyridine rings is 1. The highest BCUT2D eigenvalue weighted by Gasteiger charge is 2.15. The standard InChI is InChI=1S/C9H7N3O3/c1-5-2-3-10-4-6(5)8-11-7(9(13)14)12-15-8/h2-4H,1H3,(H,13,14). The van der Waals surface area contributed by atoms with E-state index < -0.39 is 5.97 Å². The number of carbonyl (C=O) groups is 1. The first-order chi connectivity index (χ1) is 7.18. The quantitative estimate of drug-likeness (QED) is 0.790. The van der Waals surface area contributed by atoms with E-state index in [2.05, 4.69) is 15.1 Å². The van der Waals surface area contributed by atoms with E-state index in [1.807, 2.05) is 6.92 Å². The Morgan fingerprint density at radius 2 is 2.33 bits per heavy atom. The molecule has 0 aliphatic heterocycles. The number of hydrogen-bond acceptors (Lipinski definition) is 5. The summed E-state index contributed by atoms with van der Waals surface area (Å²) in [6.07, 6.45) is 3.18. The molecule has 0 aliphatic rings. The van der Waals surface area contributed by atoms with Crippen LogP contribution in [0, 0.1) is 6.92 Å². The highest BCUT2D eigenvalue weighted by Crippen LogP contribution is 2.19. The van der Waals surface area contributed by atoms with Gasteiger partial charge in [-0.1, -0.05) is 0 Å². The fraction of sp³-hybridized carbons (Fsp3) is 0.111. The van der Waals surface area contributed by atoms with Crippen LogP contribution < -0.4 is 0 Å². The number of aryl methyl sites for hydroxylation is 1. The molecular weight excluding hydrogens is 198 g/mol. The van der Waals surface area contributed by atoms with E-state index in [4.69, 9.17) is 9.63 Å². The van der Waals surface area contributed by atoms with E-state index in [9.17, 15) is 4.79 Å². The SMILES string of the molecule is Cc1ccncc1-c1nc(C(=O)O)no1. The number of nitrogens with zero attached hydrogens (tertiary/aromatic N) is 3. The number of aromatic nitrogens is 3. The zero-order chi connectivity index (χ0) is 10.8. The summed E-state index contributed by atoms with van der Waals surface area (Å²) in [5.41, 5.74) is 1.53. The average molecular weight is 205 g/mol. The summed E-state index contributed by atoms with van der Waals surface area (Å²) in [5.74, 6) is -1.40. The van der Waals surface area contributed by atoms with Gasteiger partial charge in [0.2, 0.25) is 0 Å². The van der Waals surface area contributed by atoms with Gasteiger partial charge in [0.1, 0.15) is 0 Å². The van der Waals surface area contributed by atoms with Gasteiger partial charge in [-0.3, -0.25) is 4.98 Å². The van der Waals surface area contributed by atoms with Gasteiger partial charge in [0.15, 0.2) is 0 Å². The third kappa shape index (κ3) is 1.69. The van der Waals surface area contributed by atoms with E-state index in [-0.39, 0.29) is 11.7 Å². The highest BCUT2D eigenvalue weighted by molar-refractivity contribution is 5.83. The second kappa shape index (κ2) is 3.49. The van der Waals surface area contributed by atoms with Gasteiger partial charge in [0, 0.05) is 12.4 Å². The minimum absolute atomic E-state index is 0.165. The Kier molecular flexibility index (Phi) is 2.17. The first-order valence-electron chi connectivity index (χ1n) is 4.16. The summed E-state index contributed by atoms with van der Waals surface area (Å²) in [6.45, 7) is 1.85. The van der Waals surface area contributed by atoms with Gasteiger partial charge in [0.25, 0.3) is 11.7 Å². The Bertz CT molecular complexity index is 507. The van der Waals surface area contributed by atoms with Gasteiger partial charge in [-0.2, -0.15) is 4.98 Å². The normalized spacial score (nSPS) is 10.2. The second-order valence-corrected chi connectivity index (χ2v) is 2.92. The lowest BCUT2D eigenvalue weighted by Crippen LogP contribution is -1.98. The Hall–Kier alpha value is -2.24. The maximum atomic E-state index is 10.5. The fourth-order valence-electron chi connectivity index (χ4n) is 1.11. The molecule has 0 fully saturated rings. The van der Waals surface area contributed by atoms with E-state index in [0.717, 1.165) is 5.56 Å². The van der Waals surface area contributed by atoms with Crippen molar-refractivity contribution in [2.45, 2.75) is 6.92 Å². The van der Waals surface area contributed by atoms with Crippen molar-refractivity contribution in [1.82, 2.24) is 15.1 Å². The van der Waals surface area contributed by atoms with Crippen LogP contribution in [0.3, 0.4) is 0 Å². The lowest BCUT2D eigenvalue weighted by molar-refractivity contribution is 0.0680. The third-order valence-corrected chi connectivity index (χ3v) is 1.89. The number of rotatable bonds is 2. The molecule has 76 valence electrons. The molecular formula is C9H7N3O3. The van der Waals surface area contributed by atoms with Crippen LogP contribution in [0.25, 0.3) is 11.5 Å². The Morgan fingerprint density at radius 1 is 1.53 bits per heavy atom. The second-order valence-electron chi connectivity index (χ2n) is 2.92. The van der Waals surface area contributed by atoms with Crippen LogP contribution in [-0.2, 0) is 0 Å². The van der Waals surface area contributed by atoms with Crippen molar-refractivity contribution in [2.24, 2.45) is 0 Å². The largest absolute Gasteiger partial charge is 0.475 e. The van der Waals surface area contributed by atoms with E-state index in [1.54, 1.807) is 18.5 Å².